The van der Waals surface area contributed by atoms with Gasteiger partial charge in [-0.15, -0.1) is 24.0 Å². The molecule has 0 aliphatic carbocycles. The van der Waals surface area contributed by atoms with E-state index in [1.54, 1.807) is 12.1 Å². The van der Waals surface area contributed by atoms with Gasteiger partial charge in [-0.2, -0.15) is 0 Å². The van der Waals surface area contributed by atoms with E-state index in [1.165, 1.54) is 11.8 Å². The molecule has 1 aliphatic rings. The number of nitrogens with one attached hydrogen (secondary N) is 1. The molecule has 1 saturated heterocycles. The summed E-state index contributed by atoms with van der Waals surface area (Å²) in [5.41, 5.74) is 1.30. The van der Waals surface area contributed by atoms with Crippen LogP contribution < -0.4 is 5.32 Å². The van der Waals surface area contributed by atoms with Crippen LogP contribution >= 0.6 is 24.0 Å². The minimum Gasteiger partial charge on any atom is -0.459 e. The second-order valence-electron chi connectivity index (χ2n) is 7.33. The number of furan rings is 1. The largest absolute Gasteiger partial charge is 0.459 e. The number of carbonyl (C=O) groups excluding carboxylic acids is 1. The Morgan fingerprint density at radius 3 is 2.26 bits per heavy atom. The van der Waals surface area contributed by atoms with E-state index >= 15 is 0 Å². The summed E-state index contributed by atoms with van der Waals surface area (Å²) in [7, 11) is 1.82. The molecule has 1 N–H and O–H groups in total. The summed E-state index contributed by atoms with van der Waals surface area (Å²) in [5, 5.41) is 3.57. The summed E-state index contributed by atoms with van der Waals surface area (Å²) < 4.78 is 5.25. The first-order valence-corrected chi connectivity index (χ1v) is 10.7. The molecular weight excluding hydrogens is 505 g/mol. The molecule has 1 atom stereocenters. The summed E-state index contributed by atoms with van der Waals surface area (Å²) >= 11 is 0. The lowest BCUT2D eigenvalue weighted by molar-refractivity contribution is 0.0657. The predicted molar refractivity (Wildman–Crippen MR) is 135 cm³/mol. The molecule has 31 heavy (non-hydrogen) atoms. The molecule has 1 amide bonds. The normalized spacial score (nSPS) is 15.5. The van der Waals surface area contributed by atoms with Gasteiger partial charge in [-0.05, 0) is 30.8 Å². The van der Waals surface area contributed by atoms with Crippen LogP contribution in [-0.2, 0) is 0 Å². The first-order valence-electron chi connectivity index (χ1n) is 10.7. The summed E-state index contributed by atoms with van der Waals surface area (Å²) in [5.74, 6) is 1.23. The summed E-state index contributed by atoms with van der Waals surface area (Å²) in [6.07, 6.45) is 1.54. The SMILES string of the molecule is CCN(CC)C(CNC(=NC)N1CCN(C(=O)c2ccco2)CC1)c1ccccc1.I. The van der Waals surface area contributed by atoms with Crippen molar-refractivity contribution in [3.8, 4) is 0 Å². The second kappa shape index (κ2) is 12.7. The minimum atomic E-state index is -0.0479. The van der Waals surface area contributed by atoms with Crippen molar-refractivity contribution < 1.29 is 9.21 Å². The van der Waals surface area contributed by atoms with Gasteiger partial charge in [-0.25, -0.2) is 0 Å². The first kappa shape index (κ1) is 25.2. The number of halogens is 1. The van der Waals surface area contributed by atoms with Gasteiger partial charge in [-0.1, -0.05) is 44.2 Å². The monoisotopic (exact) mass is 539 g/mol. The maximum atomic E-state index is 12.5. The number of aliphatic imine (C=N–C) groups is 1. The van der Waals surface area contributed by atoms with Crippen LogP contribution in [0.4, 0.5) is 0 Å². The Hall–Kier alpha value is -2.07. The zero-order valence-electron chi connectivity index (χ0n) is 18.7. The summed E-state index contributed by atoms with van der Waals surface area (Å²) in [6, 6.07) is 14.4. The number of nitrogens with zero attached hydrogens (tertiary/aromatic N) is 4. The Balaban J connectivity index is 0.00000341. The molecule has 1 aromatic carbocycles. The molecule has 1 unspecified atom stereocenters. The van der Waals surface area contributed by atoms with E-state index in [2.05, 4.69) is 64.3 Å². The van der Waals surface area contributed by atoms with Crippen molar-refractivity contribution in [3.05, 3.63) is 60.1 Å². The van der Waals surface area contributed by atoms with Crippen molar-refractivity contribution in [2.45, 2.75) is 19.9 Å². The number of rotatable bonds is 7. The smallest absolute Gasteiger partial charge is 0.289 e. The summed E-state index contributed by atoms with van der Waals surface area (Å²) in [4.78, 5) is 23.5. The maximum absolute atomic E-state index is 12.5. The Morgan fingerprint density at radius 2 is 1.71 bits per heavy atom. The number of guanidine groups is 1. The van der Waals surface area contributed by atoms with E-state index in [1.807, 2.05) is 11.9 Å². The average molecular weight is 539 g/mol. The predicted octanol–water partition coefficient (Wildman–Crippen LogP) is 3.31. The Bertz CT molecular complexity index is 801. The lowest BCUT2D eigenvalue weighted by Crippen LogP contribution is -2.54. The van der Waals surface area contributed by atoms with Crippen molar-refractivity contribution in [2.24, 2.45) is 4.99 Å². The van der Waals surface area contributed by atoms with E-state index in [0.29, 0.717) is 18.8 Å². The van der Waals surface area contributed by atoms with Gasteiger partial charge < -0.3 is 19.5 Å². The van der Waals surface area contributed by atoms with Crippen LogP contribution in [-0.4, -0.2) is 79.4 Å². The molecule has 1 aliphatic heterocycles. The minimum absolute atomic E-state index is 0. The van der Waals surface area contributed by atoms with Crippen molar-refractivity contribution >= 4 is 35.8 Å². The highest BCUT2D eigenvalue weighted by Crippen LogP contribution is 2.19. The van der Waals surface area contributed by atoms with E-state index in [0.717, 1.165) is 38.7 Å². The van der Waals surface area contributed by atoms with Crippen molar-refractivity contribution in [2.75, 3.05) is 52.9 Å². The van der Waals surface area contributed by atoms with Crippen molar-refractivity contribution in [1.29, 1.82) is 0 Å². The molecule has 2 aromatic rings. The summed E-state index contributed by atoms with van der Waals surface area (Å²) in [6.45, 7) is 9.95. The fourth-order valence-electron chi connectivity index (χ4n) is 4.00. The fourth-order valence-corrected chi connectivity index (χ4v) is 4.00. The number of hydrogen-bond acceptors (Lipinski definition) is 4. The third-order valence-electron chi connectivity index (χ3n) is 5.70. The molecule has 1 aromatic heterocycles. The lowest BCUT2D eigenvalue weighted by Gasteiger charge is -2.37. The third-order valence-corrected chi connectivity index (χ3v) is 5.70. The highest BCUT2D eigenvalue weighted by Gasteiger charge is 2.26. The van der Waals surface area contributed by atoms with Crippen molar-refractivity contribution in [3.63, 3.8) is 0 Å². The van der Waals surface area contributed by atoms with Crippen molar-refractivity contribution in [1.82, 2.24) is 20.0 Å². The molecule has 170 valence electrons. The topological polar surface area (TPSA) is 64.3 Å². The van der Waals surface area contributed by atoms with Gasteiger partial charge in [0.1, 0.15) is 0 Å². The standard InChI is InChI=1S/C23H33N5O2.HI/c1-4-26(5-2)20(19-10-7-6-8-11-19)18-25-23(24-3)28-15-13-27(14-16-28)22(29)21-12-9-17-30-21;/h6-12,17,20H,4-5,13-16,18H2,1-3H3,(H,24,25);1H. The van der Waals surface area contributed by atoms with Crippen LogP contribution in [0.5, 0.6) is 0 Å². The van der Waals surface area contributed by atoms with Gasteiger partial charge >= 0.3 is 0 Å². The van der Waals surface area contributed by atoms with Crippen LogP contribution in [0.1, 0.15) is 36.0 Å². The van der Waals surface area contributed by atoms with Gasteiger partial charge in [0, 0.05) is 39.8 Å². The van der Waals surface area contributed by atoms with Gasteiger partial charge in [0.25, 0.3) is 5.91 Å². The molecule has 0 saturated carbocycles. The molecule has 3 rings (SSSR count). The molecule has 2 heterocycles. The third kappa shape index (κ3) is 6.46. The van der Waals surface area contributed by atoms with Crippen LogP contribution in [0.2, 0.25) is 0 Å². The molecule has 7 nitrogen and oxygen atoms in total. The van der Waals surface area contributed by atoms with Crippen LogP contribution in [0, 0.1) is 0 Å². The van der Waals surface area contributed by atoms with E-state index in [4.69, 9.17) is 4.42 Å². The number of piperazine rings is 1. The number of carbonyl (C=O) groups is 1. The van der Waals surface area contributed by atoms with Crippen LogP contribution in [0.15, 0.2) is 58.1 Å². The average Bonchev–Trinajstić information content (AvgIpc) is 3.34. The quantitative estimate of drug-likeness (QED) is 0.333. The zero-order chi connectivity index (χ0) is 21.3. The van der Waals surface area contributed by atoms with Crippen LogP contribution in [0.25, 0.3) is 0 Å². The first-order chi connectivity index (χ1) is 14.7. The molecule has 8 heteroatoms. The highest BCUT2D eigenvalue weighted by molar-refractivity contribution is 14.0. The molecule has 0 spiro atoms. The number of amides is 1. The van der Waals surface area contributed by atoms with E-state index < -0.39 is 0 Å². The molecular formula is C23H34IN5O2. The maximum Gasteiger partial charge on any atom is 0.289 e. The van der Waals surface area contributed by atoms with Gasteiger partial charge in [-0.3, -0.25) is 14.7 Å². The highest BCUT2D eigenvalue weighted by atomic mass is 127. The van der Waals surface area contributed by atoms with Gasteiger partial charge in [0.05, 0.1) is 12.3 Å². The Morgan fingerprint density at radius 1 is 1.06 bits per heavy atom. The van der Waals surface area contributed by atoms with E-state index in [9.17, 15) is 4.79 Å². The van der Waals surface area contributed by atoms with Gasteiger partial charge in [0.15, 0.2) is 11.7 Å². The van der Waals surface area contributed by atoms with Gasteiger partial charge in [0.2, 0.25) is 0 Å². The lowest BCUT2D eigenvalue weighted by atomic mass is 10.1. The number of benzene rings is 1. The molecule has 0 radical (unpaired) electrons. The van der Waals surface area contributed by atoms with E-state index in [-0.39, 0.29) is 35.9 Å². The number of likely N-dealkylation sites (N-methyl/N-ethyl adjacent to an activating group) is 1. The molecule has 1 fully saturated rings. The van der Waals surface area contributed by atoms with Crippen LogP contribution in [0.3, 0.4) is 0 Å². The second-order valence-corrected chi connectivity index (χ2v) is 7.33. The molecule has 0 bridgehead atoms. The zero-order valence-corrected chi connectivity index (χ0v) is 21.0. The Labute approximate surface area is 202 Å². The number of hydrogen-bond donors (Lipinski definition) is 1. The Kier molecular flexibility index (Phi) is 10.3. The fraction of sp³-hybridized carbons (Fsp3) is 0.478.